The molecule has 112 valence electrons. The maximum Gasteiger partial charge on any atom is 0.331 e. The summed E-state index contributed by atoms with van der Waals surface area (Å²) in [6.45, 7) is 7.93. The first-order chi connectivity index (χ1) is 9.49. The lowest BCUT2D eigenvalue weighted by molar-refractivity contribution is -0.132. The zero-order chi connectivity index (χ0) is 15.0. The van der Waals surface area contributed by atoms with Gasteiger partial charge in [-0.1, -0.05) is 51.3 Å². The minimum Gasteiger partial charge on any atom is -0.478 e. The van der Waals surface area contributed by atoms with Crippen molar-refractivity contribution in [2.45, 2.75) is 58.8 Å². The van der Waals surface area contributed by atoms with Crippen molar-refractivity contribution in [3.63, 3.8) is 0 Å². The number of aryl methyl sites for hydroxylation is 1. The number of aromatic nitrogens is 2. The van der Waals surface area contributed by atoms with Gasteiger partial charge in [0.2, 0.25) is 5.89 Å². The summed E-state index contributed by atoms with van der Waals surface area (Å²) in [5.41, 5.74) is 0.0638. The molecule has 20 heavy (non-hydrogen) atoms. The van der Waals surface area contributed by atoms with Crippen LogP contribution in [0.4, 0.5) is 0 Å². The van der Waals surface area contributed by atoms with E-state index in [-0.39, 0.29) is 12.0 Å². The smallest absolute Gasteiger partial charge is 0.331 e. The van der Waals surface area contributed by atoms with Gasteiger partial charge < -0.3 is 9.63 Å². The third-order valence-electron chi connectivity index (χ3n) is 3.11. The first-order valence-electron chi connectivity index (χ1n) is 7.21. The second-order valence-electron chi connectivity index (χ2n) is 5.54. The topological polar surface area (TPSA) is 76.2 Å². The van der Waals surface area contributed by atoms with Gasteiger partial charge in [0, 0.05) is 12.0 Å². The van der Waals surface area contributed by atoms with Gasteiger partial charge in [-0.05, 0) is 12.3 Å². The molecule has 0 aromatic carbocycles. The van der Waals surface area contributed by atoms with Crippen LogP contribution in [0.1, 0.15) is 57.7 Å². The number of nitrogens with zero attached hydrogens (tertiary/aromatic N) is 2. The highest BCUT2D eigenvalue weighted by Gasteiger charge is 2.11. The van der Waals surface area contributed by atoms with Crippen molar-refractivity contribution in [3.8, 4) is 0 Å². The van der Waals surface area contributed by atoms with E-state index in [4.69, 9.17) is 9.63 Å². The quantitative estimate of drug-likeness (QED) is 0.525. The van der Waals surface area contributed by atoms with Gasteiger partial charge in [0.25, 0.3) is 0 Å². The molecule has 1 aromatic rings. The van der Waals surface area contributed by atoms with Crippen molar-refractivity contribution >= 4 is 5.97 Å². The summed E-state index contributed by atoms with van der Waals surface area (Å²) >= 11 is 0. The number of carbonyl (C=O) groups is 1. The van der Waals surface area contributed by atoms with Crippen molar-refractivity contribution in [2.75, 3.05) is 0 Å². The largest absolute Gasteiger partial charge is 0.478 e. The van der Waals surface area contributed by atoms with Gasteiger partial charge in [0.15, 0.2) is 5.82 Å². The number of hydrogen-bond acceptors (Lipinski definition) is 4. The summed E-state index contributed by atoms with van der Waals surface area (Å²) in [7, 11) is 0. The van der Waals surface area contributed by atoms with Gasteiger partial charge in [-0.25, -0.2) is 4.79 Å². The summed E-state index contributed by atoms with van der Waals surface area (Å²) < 4.78 is 5.01. The number of hydrogen-bond donors (Lipinski definition) is 1. The van der Waals surface area contributed by atoms with E-state index in [2.05, 4.69) is 30.6 Å². The maximum atomic E-state index is 10.6. The molecule has 1 N–H and O–H groups in total. The second kappa shape index (κ2) is 8.51. The van der Waals surface area contributed by atoms with E-state index in [0.29, 0.717) is 11.7 Å². The van der Waals surface area contributed by atoms with Gasteiger partial charge in [-0.15, -0.1) is 0 Å². The summed E-state index contributed by atoms with van der Waals surface area (Å²) in [5.74, 6) is 0.723. The Morgan fingerprint density at radius 3 is 2.65 bits per heavy atom. The Bertz CT molecular complexity index is 438. The Kier molecular flexibility index (Phi) is 6.98. The predicted octanol–water partition coefficient (Wildman–Crippen LogP) is 3.40. The fourth-order valence-corrected chi connectivity index (χ4v) is 1.91. The predicted molar refractivity (Wildman–Crippen MR) is 76.4 cm³/mol. The molecule has 0 saturated carbocycles. The molecule has 5 nitrogen and oxygen atoms in total. The average molecular weight is 280 g/mol. The fourth-order valence-electron chi connectivity index (χ4n) is 1.91. The van der Waals surface area contributed by atoms with Crippen LogP contribution in [-0.4, -0.2) is 21.2 Å². The van der Waals surface area contributed by atoms with Crippen molar-refractivity contribution in [1.82, 2.24) is 10.1 Å². The molecule has 0 unspecified atom stereocenters. The van der Waals surface area contributed by atoms with Crippen LogP contribution in [0.25, 0.3) is 0 Å². The van der Waals surface area contributed by atoms with Crippen LogP contribution in [0.5, 0.6) is 0 Å². The van der Waals surface area contributed by atoms with Crippen LogP contribution < -0.4 is 0 Å². The van der Waals surface area contributed by atoms with E-state index in [1.54, 1.807) is 0 Å². The standard InChI is InChI=1S/C15H24N2O3/c1-11(2)8-6-4-5-7-9-13-16-14(20-17-13)10-12(3)15(18)19/h11H,3-10H2,1-2H3,(H,18,19). The van der Waals surface area contributed by atoms with Gasteiger partial charge >= 0.3 is 5.97 Å². The summed E-state index contributed by atoms with van der Waals surface area (Å²) in [4.78, 5) is 14.8. The molecule has 0 bridgehead atoms. The second-order valence-corrected chi connectivity index (χ2v) is 5.54. The first-order valence-corrected chi connectivity index (χ1v) is 7.21. The van der Waals surface area contributed by atoms with E-state index in [1.807, 2.05) is 0 Å². The molecule has 0 amide bonds. The molecule has 5 heteroatoms. The normalized spacial score (nSPS) is 10.9. The molecule has 1 aromatic heterocycles. The fraction of sp³-hybridized carbons (Fsp3) is 0.667. The molecule has 0 aliphatic heterocycles. The number of aliphatic carboxylic acids is 1. The molecular formula is C15H24N2O3. The monoisotopic (exact) mass is 280 g/mol. The Balaban J connectivity index is 2.20. The van der Waals surface area contributed by atoms with Gasteiger partial charge in [0.1, 0.15) is 0 Å². The lowest BCUT2D eigenvalue weighted by Gasteiger charge is -2.03. The molecule has 0 radical (unpaired) electrons. The van der Waals surface area contributed by atoms with E-state index >= 15 is 0 Å². The highest BCUT2D eigenvalue weighted by Crippen LogP contribution is 2.11. The van der Waals surface area contributed by atoms with E-state index in [1.165, 1.54) is 25.7 Å². The molecule has 0 saturated heterocycles. The van der Waals surface area contributed by atoms with Crippen LogP contribution in [-0.2, 0) is 17.6 Å². The van der Waals surface area contributed by atoms with Crippen molar-refractivity contribution in [1.29, 1.82) is 0 Å². The first kappa shape index (κ1) is 16.4. The Hall–Kier alpha value is -1.65. The van der Waals surface area contributed by atoms with Crippen LogP contribution in [0.2, 0.25) is 0 Å². The van der Waals surface area contributed by atoms with Gasteiger partial charge in [-0.3, -0.25) is 0 Å². The number of carboxylic acid groups (broad SMARTS) is 1. The Morgan fingerprint density at radius 2 is 2.00 bits per heavy atom. The molecule has 0 aliphatic carbocycles. The number of rotatable bonds is 10. The minimum atomic E-state index is -1.03. The van der Waals surface area contributed by atoms with Crippen LogP contribution >= 0.6 is 0 Å². The summed E-state index contributed by atoms with van der Waals surface area (Å²) in [6, 6.07) is 0. The zero-order valence-electron chi connectivity index (χ0n) is 12.4. The molecular weight excluding hydrogens is 256 g/mol. The Morgan fingerprint density at radius 1 is 1.30 bits per heavy atom. The third kappa shape index (κ3) is 6.50. The zero-order valence-corrected chi connectivity index (χ0v) is 12.4. The van der Waals surface area contributed by atoms with Crippen molar-refractivity contribution < 1.29 is 14.4 Å². The summed E-state index contributed by atoms with van der Waals surface area (Å²) in [6.07, 6.45) is 6.88. The Labute approximate surface area is 120 Å². The van der Waals surface area contributed by atoms with E-state index in [0.717, 1.165) is 18.8 Å². The van der Waals surface area contributed by atoms with E-state index < -0.39 is 5.97 Å². The highest BCUT2D eigenvalue weighted by atomic mass is 16.5. The highest BCUT2D eigenvalue weighted by molar-refractivity contribution is 5.86. The van der Waals surface area contributed by atoms with Gasteiger partial charge in [0.05, 0.1) is 6.42 Å². The number of carboxylic acids is 1. The summed E-state index contributed by atoms with van der Waals surface area (Å²) in [5, 5.41) is 12.6. The molecule has 0 fully saturated rings. The average Bonchev–Trinajstić information content (AvgIpc) is 2.80. The lowest BCUT2D eigenvalue weighted by Crippen LogP contribution is -2.02. The van der Waals surface area contributed by atoms with Crippen LogP contribution in [0, 0.1) is 5.92 Å². The van der Waals surface area contributed by atoms with Crippen LogP contribution in [0.3, 0.4) is 0 Å². The molecule has 0 atom stereocenters. The number of unbranched alkanes of at least 4 members (excludes halogenated alkanes) is 3. The van der Waals surface area contributed by atoms with E-state index in [9.17, 15) is 4.79 Å². The molecule has 1 heterocycles. The lowest BCUT2D eigenvalue weighted by atomic mass is 10.0. The van der Waals surface area contributed by atoms with Crippen molar-refractivity contribution in [3.05, 3.63) is 23.9 Å². The molecule has 0 spiro atoms. The van der Waals surface area contributed by atoms with Crippen LogP contribution in [0.15, 0.2) is 16.7 Å². The molecule has 0 aliphatic rings. The van der Waals surface area contributed by atoms with Crippen molar-refractivity contribution in [2.24, 2.45) is 5.92 Å². The molecule has 1 rings (SSSR count). The minimum absolute atomic E-state index is 0.0638. The van der Waals surface area contributed by atoms with Gasteiger partial charge in [-0.2, -0.15) is 4.98 Å². The third-order valence-corrected chi connectivity index (χ3v) is 3.11. The maximum absolute atomic E-state index is 10.6. The SMILES string of the molecule is C=C(Cc1nc(CCCCCCC(C)C)no1)C(=O)O.